The van der Waals surface area contributed by atoms with Gasteiger partial charge in [-0.15, -0.1) is 0 Å². The van der Waals surface area contributed by atoms with E-state index in [4.69, 9.17) is 23.0 Å². The van der Waals surface area contributed by atoms with E-state index in [1.54, 1.807) is 6.92 Å². The molecule has 0 heterocycles. The highest BCUT2D eigenvalue weighted by Crippen LogP contribution is 2.49. The standard InChI is InChI=1S/C16H27O8P/c1-4-15(17)20-11-7-9-13-23-25(19,22-6-3)24-14-10-8-12-21-16(18)5-2/h4-5H,1-2,6-14H2,3H3. The number of hydrogen-bond acceptors (Lipinski definition) is 8. The average molecular weight is 378 g/mol. The lowest BCUT2D eigenvalue weighted by molar-refractivity contribution is -0.138. The topological polar surface area (TPSA) is 97.4 Å². The second kappa shape index (κ2) is 14.8. The van der Waals surface area contributed by atoms with Crippen LogP contribution in [-0.4, -0.2) is 45.0 Å². The first-order valence-electron chi connectivity index (χ1n) is 8.09. The minimum Gasteiger partial charge on any atom is -0.463 e. The molecule has 0 aromatic carbocycles. The fraction of sp³-hybridized carbons (Fsp3) is 0.625. The van der Waals surface area contributed by atoms with Crippen LogP contribution >= 0.6 is 7.82 Å². The van der Waals surface area contributed by atoms with Gasteiger partial charge in [0.15, 0.2) is 0 Å². The molecule has 0 rings (SSSR count). The summed E-state index contributed by atoms with van der Waals surface area (Å²) in [6.07, 6.45) is 4.35. The molecule has 0 atom stereocenters. The van der Waals surface area contributed by atoms with E-state index >= 15 is 0 Å². The van der Waals surface area contributed by atoms with Gasteiger partial charge >= 0.3 is 19.8 Å². The second-order valence-electron chi connectivity index (χ2n) is 4.69. The lowest BCUT2D eigenvalue weighted by Gasteiger charge is -2.17. The molecule has 144 valence electrons. The van der Waals surface area contributed by atoms with Crippen molar-refractivity contribution in [3.63, 3.8) is 0 Å². The molecule has 25 heavy (non-hydrogen) atoms. The van der Waals surface area contributed by atoms with Gasteiger partial charge in [0.2, 0.25) is 0 Å². The first-order valence-corrected chi connectivity index (χ1v) is 9.55. The molecule has 0 aliphatic rings. The van der Waals surface area contributed by atoms with Crippen LogP contribution in [-0.2, 0) is 37.2 Å². The van der Waals surface area contributed by atoms with Crippen LogP contribution in [0.3, 0.4) is 0 Å². The van der Waals surface area contributed by atoms with Gasteiger partial charge < -0.3 is 9.47 Å². The van der Waals surface area contributed by atoms with Crippen LogP contribution in [0.4, 0.5) is 0 Å². The van der Waals surface area contributed by atoms with E-state index in [-0.39, 0.29) is 33.0 Å². The van der Waals surface area contributed by atoms with Crippen molar-refractivity contribution in [1.82, 2.24) is 0 Å². The Bertz CT molecular complexity index is 427. The zero-order valence-corrected chi connectivity index (χ0v) is 15.5. The summed E-state index contributed by atoms with van der Waals surface area (Å²) in [7, 11) is -3.61. The zero-order chi connectivity index (χ0) is 19.0. The number of phosphoric acid groups is 1. The highest BCUT2D eigenvalue weighted by molar-refractivity contribution is 7.48. The number of hydrogen-bond donors (Lipinski definition) is 0. The number of ether oxygens (including phenoxy) is 2. The van der Waals surface area contributed by atoms with Crippen molar-refractivity contribution >= 4 is 19.8 Å². The molecule has 0 radical (unpaired) electrons. The summed E-state index contributed by atoms with van der Waals surface area (Å²) in [6.45, 7) is 9.22. The Morgan fingerprint density at radius 3 is 1.56 bits per heavy atom. The van der Waals surface area contributed by atoms with Crippen molar-refractivity contribution in [2.45, 2.75) is 32.6 Å². The van der Waals surface area contributed by atoms with Crippen LogP contribution in [0.25, 0.3) is 0 Å². The van der Waals surface area contributed by atoms with E-state index < -0.39 is 19.8 Å². The van der Waals surface area contributed by atoms with Gasteiger partial charge in [0.05, 0.1) is 33.0 Å². The lowest BCUT2D eigenvalue weighted by Crippen LogP contribution is -2.06. The van der Waals surface area contributed by atoms with Gasteiger partial charge in [-0.2, -0.15) is 0 Å². The lowest BCUT2D eigenvalue weighted by atomic mass is 10.3. The Balaban J connectivity index is 3.89. The molecule has 0 bridgehead atoms. The number of carbonyl (C=O) groups excluding carboxylic acids is 2. The number of phosphoric ester groups is 1. The molecular weight excluding hydrogens is 351 g/mol. The minimum absolute atomic E-state index is 0.153. The van der Waals surface area contributed by atoms with Crippen molar-refractivity contribution in [2.24, 2.45) is 0 Å². The highest BCUT2D eigenvalue weighted by atomic mass is 31.2. The molecule has 0 saturated heterocycles. The molecule has 0 N–H and O–H groups in total. The van der Waals surface area contributed by atoms with Crippen molar-refractivity contribution in [1.29, 1.82) is 0 Å². The highest BCUT2D eigenvalue weighted by Gasteiger charge is 2.25. The summed E-state index contributed by atoms with van der Waals surface area (Å²) in [4.78, 5) is 21.7. The van der Waals surface area contributed by atoms with E-state index in [9.17, 15) is 14.2 Å². The normalized spacial score (nSPS) is 10.9. The fourth-order valence-corrected chi connectivity index (χ4v) is 2.74. The van der Waals surface area contributed by atoms with Crippen LogP contribution in [0.1, 0.15) is 32.6 Å². The van der Waals surface area contributed by atoms with Gasteiger partial charge in [-0.05, 0) is 32.6 Å². The van der Waals surface area contributed by atoms with Gasteiger partial charge in [-0.1, -0.05) is 13.2 Å². The quantitative estimate of drug-likeness (QED) is 0.175. The Morgan fingerprint density at radius 1 is 0.800 bits per heavy atom. The molecular formula is C16H27O8P. The Hall–Kier alpha value is -1.47. The second-order valence-corrected chi connectivity index (χ2v) is 6.36. The van der Waals surface area contributed by atoms with E-state index in [0.717, 1.165) is 12.2 Å². The van der Waals surface area contributed by atoms with Crippen LogP contribution in [0.15, 0.2) is 25.3 Å². The summed E-state index contributed by atoms with van der Waals surface area (Å²) in [5.74, 6) is -0.967. The maximum absolute atomic E-state index is 12.3. The number of esters is 2. The van der Waals surface area contributed by atoms with Crippen LogP contribution < -0.4 is 0 Å². The summed E-state index contributed by atoms with van der Waals surface area (Å²) in [5, 5.41) is 0. The van der Waals surface area contributed by atoms with E-state index in [1.165, 1.54) is 0 Å². The molecule has 0 unspecified atom stereocenters. The third kappa shape index (κ3) is 13.5. The SMILES string of the molecule is C=CC(=O)OCCCCOP(=O)(OCC)OCCCCOC(=O)C=C. The Kier molecular flexibility index (Phi) is 14.0. The van der Waals surface area contributed by atoms with E-state index in [1.807, 2.05) is 0 Å². The first kappa shape index (κ1) is 23.5. The smallest absolute Gasteiger partial charge is 0.463 e. The number of rotatable bonds is 16. The fourth-order valence-electron chi connectivity index (χ4n) is 1.49. The van der Waals surface area contributed by atoms with Crippen molar-refractivity contribution in [2.75, 3.05) is 33.0 Å². The van der Waals surface area contributed by atoms with E-state index in [0.29, 0.717) is 25.7 Å². The Labute approximate surface area is 148 Å². The summed E-state index contributed by atoms with van der Waals surface area (Å²) in [6, 6.07) is 0. The van der Waals surface area contributed by atoms with Crippen molar-refractivity contribution < 1.29 is 37.2 Å². The molecule has 9 heteroatoms. The Morgan fingerprint density at radius 2 is 1.20 bits per heavy atom. The van der Waals surface area contributed by atoms with Crippen LogP contribution in [0, 0.1) is 0 Å². The largest absolute Gasteiger partial charge is 0.474 e. The third-order valence-corrected chi connectivity index (χ3v) is 4.26. The average Bonchev–Trinajstić information content (AvgIpc) is 2.60. The van der Waals surface area contributed by atoms with Crippen LogP contribution in [0.5, 0.6) is 0 Å². The van der Waals surface area contributed by atoms with E-state index in [2.05, 4.69) is 13.2 Å². The zero-order valence-electron chi connectivity index (χ0n) is 14.6. The number of carbonyl (C=O) groups is 2. The van der Waals surface area contributed by atoms with Gasteiger partial charge in [0.1, 0.15) is 0 Å². The van der Waals surface area contributed by atoms with Crippen molar-refractivity contribution in [3.8, 4) is 0 Å². The predicted molar refractivity (Wildman–Crippen MR) is 91.9 cm³/mol. The minimum atomic E-state index is -3.61. The molecule has 0 aromatic heterocycles. The molecule has 8 nitrogen and oxygen atoms in total. The number of unbranched alkanes of at least 4 members (excludes halogenated alkanes) is 2. The van der Waals surface area contributed by atoms with Gasteiger partial charge in [0, 0.05) is 12.2 Å². The molecule has 0 fully saturated rings. The molecule has 0 aromatic rings. The molecule has 0 aliphatic carbocycles. The van der Waals surface area contributed by atoms with Crippen LogP contribution in [0.2, 0.25) is 0 Å². The van der Waals surface area contributed by atoms with Gasteiger partial charge in [-0.25, -0.2) is 14.2 Å². The monoisotopic (exact) mass is 378 g/mol. The van der Waals surface area contributed by atoms with Crippen molar-refractivity contribution in [3.05, 3.63) is 25.3 Å². The van der Waals surface area contributed by atoms with Gasteiger partial charge in [0.25, 0.3) is 0 Å². The molecule has 0 aliphatic heterocycles. The maximum atomic E-state index is 12.3. The third-order valence-electron chi connectivity index (χ3n) is 2.69. The molecule has 0 saturated carbocycles. The predicted octanol–water partition coefficient (Wildman–Crippen LogP) is 3.18. The summed E-state index contributed by atoms with van der Waals surface area (Å²) >= 11 is 0. The maximum Gasteiger partial charge on any atom is 0.474 e. The molecule has 0 spiro atoms. The summed E-state index contributed by atoms with van der Waals surface area (Å²) < 4.78 is 37.5. The molecule has 0 amide bonds. The van der Waals surface area contributed by atoms with Gasteiger partial charge in [-0.3, -0.25) is 13.6 Å². The summed E-state index contributed by atoms with van der Waals surface area (Å²) in [5.41, 5.74) is 0. The first-order chi connectivity index (χ1) is 12.0.